The Labute approximate surface area is 101 Å². The van der Waals surface area contributed by atoms with Crippen LogP contribution in [-0.4, -0.2) is 9.91 Å². The zero-order chi connectivity index (χ0) is 13.1. The third-order valence-corrected chi connectivity index (χ3v) is 2.52. The highest BCUT2D eigenvalue weighted by Crippen LogP contribution is 2.21. The van der Waals surface area contributed by atoms with Gasteiger partial charge in [0.15, 0.2) is 0 Å². The molecule has 0 spiro atoms. The normalized spacial score (nSPS) is 10.3. The van der Waals surface area contributed by atoms with Crippen molar-refractivity contribution in [2.24, 2.45) is 0 Å². The molecule has 0 amide bonds. The van der Waals surface area contributed by atoms with Gasteiger partial charge in [0, 0.05) is 23.7 Å². The Balaban J connectivity index is 2.44. The van der Waals surface area contributed by atoms with E-state index in [0.717, 1.165) is 12.1 Å². The number of aromatic amines is 1. The fourth-order valence-electron chi connectivity index (χ4n) is 1.66. The molecule has 92 valence electrons. The summed E-state index contributed by atoms with van der Waals surface area (Å²) < 4.78 is 13.0. The summed E-state index contributed by atoms with van der Waals surface area (Å²) in [6.07, 6.45) is 1.57. The van der Waals surface area contributed by atoms with Crippen molar-refractivity contribution >= 4 is 5.69 Å². The zero-order valence-corrected chi connectivity index (χ0v) is 9.22. The smallest absolute Gasteiger partial charge is 0.275 e. The lowest BCUT2D eigenvalue weighted by molar-refractivity contribution is -0.385. The number of pyridine rings is 1. The largest absolute Gasteiger partial charge is 0.329 e. The van der Waals surface area contributed by atoms with E-state index in [1.165, 1.54) is 12.3 Å². The van der Waals surface area contributed by atoms with Crippen LogP contribution in [-0.2, 0) is 6.42 Å². The van der Waals surface area contributed by atoms with Gasteiger partial charge in [-0.2, -0.15) is 0 Å². The van der Waals surface area contributed by atoms with Gasteiger partial charge < -0.3 is 4.98 Å². The van der Waals surface area contributed by atoms with Crippen molar-refractivity contribution in [2.45, 2.75) is 6.42 Å². The van der Waals surface area contributed by atoms with Crippen LogP contribution >= 0.6 is 0 Å². The van der Waals surface area contributed by atoms with Crippen LogP contribution in [0.3, 0.4) is 0 Å². The maximum atomic E-state index is 13.0. The molecule has 0 aliphatic carbocycles. The van der Waals surface area contributed by atoms with E-state index in [1.54, 1.807) is 12.1 Å². The lowest BCUT2D eigenvalue weighted by Gasteiger charge is -2.02. The molecule has 1 aromatic carbocycles. The Hall–Kier alpha value is -2.50. The van der Waals surface area contributed by atoms with E-state index < -0.39 is 10.7 Å². The van der Waals surface area contributed by atoms with Gasteiger partial charge in [-0.1, -0.05) is 6.07 Å². The SMILES string of the molecule is O=c1[nH]cccc1Cc1ccc(F)cc1[N+](=O)[O-]. The van der Waals surface area contributed by atoms with E-state index in [-0.39, 0.29) is 17.7 Å². The maximum absolute atomic E-state index is 13.0. The van der Waals surface area contributed by atoms with Crippen LogP contribution in [0.25, 0.3) is 0 Å². The van der Waals surface area contributed by atoms with Crippen molar-refractivity contribution in [1.29, 1.82) is 0 Å². The minimum absolute atomic E-state index is 0.0900. The van der Waals surface area contributed by atoms with Crippen LogP contribution < -0.4 is 5.56 Å². The Morgan fingerprint density at radius 1 is 1.28 bits per heavy atom. The predicted molar refractivity (Wildman–Crippen MR) is 62.9 cm³/mol. The second kappa shape index (κ2) is 4.79. The lowest BCUT2D eigenvalue weighted by Crippen LogP contribution is -2.12. The summed E-state index contributed by atoms with van der Waals surface area (Å²) in [5.74, 6) is -0.674. The van der Waals surface area contributed by atoms with Gasteiger partial charge in [-0.25, -0.2) is 4.39 Å². The average molecular weight is 248 g/mol. The number of rotatable bonds is 3. The number of aromatic nitrogens is 1. The summed E-state index contributed by atoms with van der Waals surface area (Å²) in [6, 6.07) is 6.52. The number of nitro groups is 1. The highest BCUT2D eigenvalue weighted by Gasteiger charge is 2.15. The topological polar surface area (TPSA) is 76.0 Å². The van der Waals surface area contributed by atoms with Crippen molar-refractivity contribution in [2.75, 3.05) is 0 Å². The molecule has 1 aromatic heterocycles. The zero-order valence-electron chi connectivity index (χ0n) is 9.22. The fraction of sp³-hybridized carbons (Fsp3) is 0.0833. The average Bonchev–Trinajstić information content (AvgIpc) is 2.34. The summed E-state index contributed by atoms with van der Waals surface area (Å²) in [5, 5.41) is 10.8. The molecule has 2 rings (SSSR count). The number of hydrogen-bond acceptors (Lipinski definition) is 3. The van der Waals surface area contributed by atoms with Crippen LogP contribution in [0.15, 0.2) is 41.3 Å². The van der Waals surface area contributed by atoms with Gasteiger partial charge in [0.2, 0.25) is 0 Å². The van der Waals surface area contributed by atoms with Gasteiger partial charge in [-0.05, 0) is 18.2 Å². The van der Waals surface area contributed by atoms with Crippen LogP contribution in [0.1, 0.15) is 11.1 Å². The third kappa shape index (κ3) is 2.42. The van der Waals surface area contributed by atoms with E-state index in [2.05, 4.69) is 4.98 Å². The van der Waals surface area contributed by atoms with E-state index in [0.29, 0.717) is 11.1 Å². The first-order valence-electron chi connectivity index (χ1n) is 5.17. The van der Waals surface area contributed by atoms with Gasteiger partial charge >= 0.3 is 0 Å². The van der Waals surface area contributed by atoms with E-state index in [1.807, 2.05) is 0 Å². The number of nitrogens with zero attached hydrogens (tertiary/aromatic N) is 1. The molecule has 0 saturated heterocycles. The van der Waals surface area contributed by atoms with Crippen LogP contribution in [0, 0.1) is 15.9 Å². The van der Waals surface area contributed by atoms with Crippen molar-refractivity contribution in [3.63, 3.8) is 0 Å². The highest BCUT2D eigenvalue weighted by atomic mass is 19.1. The minimum atomic E-state index is -0.674. The molecule has 0 atom stereocenters. The maximum Gasteiger partial charge on any atom is 0.275 e. The molecule has 6 heteroatoms. The Bertz CT molecular complexity index is 652. The molecule has 5 nitrogen and oxygen atoms in total. The molecule has 2 aromatic rings. The molecule has 0 radical (unpaired) electrons. The van der Waals surface area contributed by atoms with E-state index in [9.17, 15) is 19.3 Å². The standard InChI is InChI=1S/C12H9FN2O3/c13-10-4-3-8(11(7-10)15(17)18)6-9-2-1-5-14-12(9)16/h1-5,7H,6H2,(H,14,16). The van der Waals surface area contributed by atoms with Gasteiger partial charge in [0.1, 0.15) is 5.82 Å². The van der Waals surface area contributed by atoms with Gasteiger partial charge in [0.05, 0.1) is 11.0 Å². The third-order valence-electron chi connectivity index (χ3n) is 2.52. The number of nitrogens with one attached hydrogen (secondary N) is 1. The molecule has 0 unspecified atom stereocenters. The van der Waals surface area contributed by atoms with E-state index in [4.69, 9.17) is 0 Å². The quantitative estimate of drug-likeness (QED) is 0.666. The molecular formula is C12H9FN2O3. The molecule has 0 bridgehead atoms. The number of halogens is 1. The number of H-pyrrole nitrogens is 1. The first-order valence-corrected chi connectivity index (χ1v) is 5.17. The number of benzene rings is 1. The lowest BCUT2D eigenvalue weighted by atomic mass is 10.0. The summed E-state index contributed by atoms with van der Waals surface area (Å²) in [4.78, 5) is 24.1. The van der Waals surface area contributed by atoms with Gasteiger partial charge in [0.25, 0.3) is 11.2 Å². The van der Waals surface area contributed by atoms with Gasteiger partial charge in [-0.3, -0.25) is 14.9 Å². The molecular weight excluding hydrogens is 239 g/mol. The van der Waals surface area contributed by atoms with Crippen LogP contribution in [0.4, 0.5) is 10.1 Å². The Kier molecular flexibility index (Phi) is 3.18. The molecule has 0 aliphatic rings. The number of nitro benzene ring substituents is 1. The Morgan fingerprint density at radius 2 is 2.06 bits per heavy atom. The second-order valence-electron chi connectivity index (χ2n) is 3.73. The van der Waals surface area contributed by atoms with E-state index >= 15 is 0 Å². The predicted octanol–water partition coefficient (Wildman–Crippen LogP) is 2.01. The molecule has 0 saturated carbocycles. The molecule has 0 fully saturated rings. The summed E-state index contributed by atoms with van der Waals surface area (Å²) >= 11 is 0. The molecule has 0 aliphatic heterocycles. The van der Waals surface area contributed by atoms with Crippen LogP contribution in [0.2, 0.25) is 0 Å². The fourth-order valence-corrected chi connectivity index (χ4v) is 1.66. The Morgan fingerprint density at radius 3 is 2.72 bits per heavy atom. The highest BCUT2D eigenvalue weighted by molar-refractivity contribution is 5.43. The second-order valence-corrected chi connectivity index (χ2v) is 3.73. The minimum Gasteiger partial charge on any atom is -0.329 e. The summed E-state index contributed by atoms with van der Waals surface area (Å²) in [7, 11) is 0. The van der Waals surface area contributed by atoms with Gasteiger partial charge in [-0.15, -0.1) is 0 Å². The molecule has 1 N–H and O–H groups in total. The first-order chi connectivity index (χ1) is 8.58. The van der Waals surface area contributed by atoms with Crippen molar-refractivity contribution in [3.05, 3.63) is 73.9 Å². The van der Waals surface area contributed by atoms with Crippen molar-refractivity contribution in [3.8, 4) is 0 Å². The molecule has 18 heavy (non-hydrogen) atoms. The van der Waals surface area contributed by atoms with Crippen molar-refractivity contribution < 1.29 is 9.31 Å². The summed E-state index contributed by atoms with van der Waals surface area (Å²) in [6.45, 7) is 0. The monoisotopic (exact) mass is 248 g/mol. The van der Waals surface area contributed by atoms with Crippen LogP contribution in [0.5, 0.6) is 0 Å². The van der Waals surface area contributed by atoms with Crippen molar-refractivity contribution in [1.82, 2.24) is 4.98 Å². The summed E-state index contributed by atoms with van der Waals surface area (Å²) in [5.41, 5.74) is 0.0692. The molecule has 1 heterocycles. The first kappa shape index (κ1) is 12.0. The number of hydrogen-bond donors (Lipinski definition) is 1.